The van der Waals surface area contributed by atoms with Gasteiger partial charge in [-0.25, -0.2) is 4.98 Å². The molecule has 0 aliphatic carbocycles. The van der Waals surface area contributed by atoms with Crippen LogP contribution in [0.2, 0.25) is 0 Å². The normalized spacial score (nSPS) is 10.8. The summed E-state index contributed by atoms with van der Waals surface area (Å²) in [6, 6.07) is 5.90. The third-order valence-electron chi connectivity index (χ3n) is 2.17. The second kappa shape index (κ2) is 3.57. The number of aromatic nitrogens is 5. The van der Waals surface area contributed by atoms with Crippen molar-refractivity contribution in [2.24, 2.45) is 0 Å². The van der Waals surface area contributed by atoms with Crippen molar-refractivity contribution in [3.05, 3.63) is 29.5 Å². The van der Waals surface area contributed by atoms with Gasteiger partial charge in [0.25, 0.3) is 0 Å². The highest BCUT2D eigenvalue weighted by atomic mass is 32.1. The second-order valence-corrected chi connectivity index (χ2v) is 4.19. The van der Waals surface area contributed by atoms with E-state index in [2.05, 4.69) is 25.4 Å². The second-order valence-electron chi connectivity index (χ2n) is 3.31. The van der Waals surface area contributed by atoms with Crippen molar-refractivity contribution in [2.45, 2.75) is 6.92 Å². The number of thiazole rings is 1. The van der Waals surface area contributed by atoms with Crippen LogP contribution < -0.4 is 0 Å². The summed E-state index contributed by atoms with van der Waals surface area (Å²) in [5.41, 5.74) is 3.66. The van der Waals surface area contributed by atoms with Gasteiger partial charge in [-0.1, -0.05) is 0 Å². The molecule has 0 amide bonds. The fraction of sp³-hybridized carbons (Fsp3) is 0.100. The number of hydrogen-bond acceptors (Lipinski definition) is 6. The Hall–Kier alpha value is -1.95. The minimum absolute atomic E-state index is 0.528. The van der Waals surface area contributed by atoms with E-state index in [1.165, 1.54) is 0 Å². The molecule has 1 aromatic carbocycles. The number of nitrogens with zero attached hydrogens (tertiary/aromatic N) is 5. The van der Waals surface area contributed by atoms with Gasteiger partial charge in [-0.05, 0) is 25.1 Å². The molecule has 2 heterocycles. The minimum Gasteiger partial charge on any atom is -0.245 e. The first kappa shape index (κ1) is 9.29. The summed E-state index contributed by atoms with van der Waals surface area (Å²) in [6.07, 6.45) is 0. The van der Waals surface area contributed by atoms with Gasteiger partial charge >= 0.3 is 0 Å². The van der Waals surface area contributed by atoms with Crippen molar-refractivity contribution in [3.63, 3.8) is 0 Å². The Morgan fingerprint density at radius 3 is 2.69 bits per heavy atom. The fourth-order valence-corrected chi connectivity index (χ4v) is 2.05. The zero-order chi connectivity index (χ0) is 11.0. The molecule has 0 spiro atoms. The summed E-state index contributed by atoms with van der Waals surface area (Å²) in [6.45, 7) is 1.76. The van der Waals surface area contributed by atoms with Crippen molar-refractivity contribution >= 4 is 21.6 Å². The number of aryl methyl sites for hydroxylation is 1. The molecule has 0 radical (unpaired) electrons. The van der Waals surface area contributed by atoms with E-state index >= 15 is 0 Å². The molecule has 0 aliphatic rings. The first-order chi connectivity index (χ1) is 7.83. The van der Waals surface area contributed by atoms with Crippen LogP contribution in [0.1, 0.15) is 5.82 Å². The minimum atomic E-state index is 0.528. The molecule has 0 aliphatic heterocycles. The van der Waals surface area contributed by atoms with Gasteiger partial charge in [-0.3, -0.25) is 0 Å². The highest BCUT2D eigenvalue weighted by Crippen LogP contribution is 2.22. The van der Waals surface area contributed by atoms with Crippen LogP contribution in [0.5, 0.6) is 0 Å². The van der Waals surface area contributed by atoms with E-state index in [1.54, 1.807) is 18.3 Å². The smallest absolute Gasteiger partial charge is 0.203 e. The van der Waals surface area contributed by atoms with E-state index in [9.17, 15) is 0 Å². The Morgan fingerprint density at radius 1 is 1.06 bits per heavy atom. The molecule has 6 heteroatoms. The number of hydrogen-bond donors (Lipinski definition) is 0. The topological polar surface area (TPSA) is 64.5 Å². The monoisotopic (exact) mass is 229 g/mol. The van der Waals surface area contributed by atoms with Crippen LogP contribution in [-0.2, 0) is 0 Å². The quantitative estimate of drug-likeness (QED) is 0.637. The SMILES string of the molecule is Cc1nnc(-c2ccc3scnc3c2)nn1. The van der Waals surface area contributed by atoms with Crippen molar-refractivity contribution in [3.8, 4) is 11.4 Å². The number of fused-ring (bicyclic) bond motifs is 1. The lowest BCUT2D eigenvalue weighted by molar-refractivity contribution is 0.816. The largest absolute Gasteiger partial charge is 0.245 e. The molecule has 3 aromatic rings. The van der Waals surface area contributed by atoms with Crippen LogP contribution in [0.25, 0.3) is 21.6 Å². The summed E-state index contributed by atoms with van der Waals surface area (Å²) in [5, 5.41) is 15.7. The third-order valence-corrected chi connectivity index (χ3v) is 2.98. The van der Waals surface area contributed by atoms with E-state index in [0.717, 1.165) is 15.8 Å². The van der Waals surface area contributed by atoms with Crippen LogP contribution in [0.3, 0.4) is 0 Å². The van der Waals surface area contributed by atoms with E-state index < -0.39 is 0 Å². The molecule has 2 aromatic heterocycles. The molecule has 0 bridgehead atoms. The van der Waals surface area contributed by atoms with Gasteiger partial charge in [-0.15, -0.1) is 31.7 Å². The molecule has 78 valence electrons. The molecule has 0 saturated carbocycles. The maximum Gasteiger partial charge on any atom is 0.203 e. The Balaban J connectivity index is 2.14. The lowest BCUT2D eigenvalue weighted by atomic mass is 10.2. The Morgan fingerprint density at radius 2 is 1.88 bits per heavy atom. The van der Waals surface area contributed by atoms with Crippen LogP contribution in [0, 0.1) is 6.92 Å². The molecular weight excluding hydrogens is 222 g/mol. The lowest BCUT2D eigenvalue weighted by Gasteiger charge is -1.97. The maximum absolute atomic E-state index is 4.24. The molecule has 0 fully saturated rings. The van der Waals surface area contributed by atoms with E-state index in [-0.39, 0.29) is 0 Å². The van der Waals surface area contributed by atoms with Gasteiger partial charge in [0.2, 0.25) is 5.82 Å². The molecule has 0 saturated heterocycles. The van der Waals surface area contributed by atoms with E-state index in [1.807, 2.05) is 23.7 Å². The fourth-order valence-electron chi connectivity index (χ4n) is 1.39. The zero-order valence-electron chi connectivity index (χ0n) is 8.45. The molecular formula is C10H7N5S. The molecule has 16 heavy (non-hydrogen) atoms. The first-order valence-electron chi connectivity index (χ1n) is 4.70. The van der Waals surface area contributed by atoms with E-state index in [0.29, 0.717) is 11.6 Å². The maximum atomic E-state index is 4.24. The predicted octanol–water partition coefficient (Wildman–Crippen LogP) is 1.85. The Bertz CT molecular complexity index is 631. The molecule has 0 N–H and O–H groups in total. The van der Waals surface area contributed by atoms with Gasteiger partial charge in [0, 0.05) is 5.56 Å². The average molecular weight is 229 g/mol. The Labute approximate surface area is 95.2 Å². The zero-order valence-corrected chi connectivity index (χ0v) is 9.27. The Kier molecular flexibility index (Phi) is 2.07. The summed E-state index contributed by atoms with van der Waals surface area (Å²) in [5.74, 6) is 1.10. The van der Waals surface area contributed by atoms with Crippen LogP contribution in [0.4, 0.5) is 0 Å². The van der Waals surface area contributed by atoms with Gasteiger partial charge in [0.1, 0.15) is 0 Å². The predicted molar refractivity (Wildman–Crippen MR) is 61.0 cm³/mol. The number of benzene rings is 1. The first-order valence-corrected chi connectivity index (χ1v) is 5.58. The van der Waals surface area contributed by atoms with Crippen LogP contribution in [0.15, 0.2) is 23.7 Å². The highest BCUT2D eigenvalue weighted by molar-refractivity contribution is 7.16. The van der Waals surface area contributed by atoms with Crippen molar-refractivity contribution in [2.75, 3.05) is 0 Å². The van der Waals surface area contributed by atoms with Crippen LogP contribution >= 0.6 is 11.3 Å². The van der Waals surface area contributed by atoms with Crippen molar-refractivity contribution in [1.82, 2.24) is 25.4 Å². The summed E-state index contributed by atoms with van der Waals surface area (Å²) >= 11 is 1.61. The average Bonchev–Trinajstić information content (AvgIpc) is 2.77. The van der Waals surface area contributed by atoms with Gasteiger partial charge in [0.05, 0.1) is 15.7 Å². The standard InChI is InChI=1S/C10H7N5S/c1-6-12-14-10(15-13-6)7-2-3-9-8(4-7)11-5-16-9/h2-5H,1H3. The molecule has 0 unspecified atom stereocenters. The van der Waals surface area contributed by atoms with E-state index in [4.69, 9.17) is 0 Å². The van der Waals surface area contributed by atoms with Crippen molar-refractivity contribution < 1.29 is 0 Å². The molecule has 5 nitrogen and oxygen atoms in total. The summed E-state index contributed by atoms with van der Waals surface area (Å²) in [4.78, 5) is 4.24. The summed E-state index contributed by atoms with van der Waals surface area (Å²) < 4.78 is 1.15. The highest BCUT2D eigenvalue weighted by Gasteiger charge is 2.05. The van der Waals surface area contributed by atoms with Gasteiger partial charge < -0.3 is 0 Å². The van der Waals surface area contributed by atoms with Crippen LogP contribution in [-0.4, -0.2) is 25.4 Å². The molecule has 3 rings (SSSR count). The third kappa shape index (κ3) is 1.53. The lowest BCUT2D eigenvalue weighted by Crippen LogP contribution is -1.98. The summed E-state index contributed by atoms with van der Waals surface area (Å²) in [7, 11) is 0. The van der Waals surface area contributed by atoms with Gasteiger partial charge in [-0.2, -0.15) is 0 Å². The number of rotatable bonds is 1. The molecule has 0 atom stereocenters. The van der Waals surface area contributed by atoms with Gasteiger partial charge in [0.15, 0.2) is 5.82 Å². The van der Waals surface area contributed by atoms with Crippen molar-refractivity contribution in [1.29, 1.82) is 0 Å².